The molecule has 1 atom stereocenters. The summed E-state index contributed by atoms with van der Waals surface area (Å²) in [5, 5.41) is 5.39. The molecule has 0 saturated heterocycles. The van der Waals surface area contributed by atoms with Crippen LogP contribution in [0.2, 0.25) is 10.2 Å². The van der Waals surface area contributed by atoms with Crippen molar-refractivity contribution in [2.24, 2.45) is 0 Å². The number of halogens is 5. The number of alkyl halides is 3. The molecule has 0 saturated carbocycles. The van der Waals surface area contributed by atoms with Gasteiger partial charge in [-0.2, -0.15) is 13.2 Å². The second-order valence-electron chi connectivity index (χ2n) is 7.56. The van der Waals surface area contributed by atoms with E-state index in [1.54, 1.807) is 19.1 Å². The van der Waals surface area contributed by atoms with Crippen LogP contribution in [0.4, 0.5) is 18.9 Å². The van der Waals surface area contributed by atoms with Crippen LogP contribution < -0.4 is 10.6 Å². The van der Waals surface area contributed by atoms with Crippen molar-refractivity contribution in [3.05, 3.63) is 86.4 Å². The number of benzene rings is 1. The van der Waals surface area contributed by atoms with Crippen LogP contribution in [0.25, 0.3) is 11.3 Å². The van der Waals surface area contributed by atoms with Gasteiger partial charge < -0.3 is 10.6 Å². The summed E-state index contributed by atoms with van der Waals surface area (Å²) >= 11 is 12.4. The molecule has 8 nitrogen and oxygen atoms in total. The Morgan fingerprint density at radius 2 is 1.76 bits per heavy atom. The van der Waals surface area contributed by atoms with Crippen LogP contribution in [0.5, 0.6) is 0 Å². The molecule has 0 aliphatic rings. The molecule has 1 aromatic carbocycles. The van der Waals surface area contributed by atoms with E-state index >= 15 is 0 Å². The fourth-order valence-electron chi connectivity index (χ4n) is 3.10. The molecule has 190 valence electrons. The quantitative estimate of drug-likeness (QED) is 0.274. The van der Waals surface area contributed by atoms with E-state index in [1.807, 2.05) is 0 Å². The maximum atomic E-state index is 13.1. The van der Waals surface area contributed by atoms with E-state index in [1.165, 1.54) is 30.9 Å². The van der Waals surface area contributed by atoms with E-state index in [-0.39, 0.29) is 16.3 Å². The number of pyridine rings is 1. The van der Waals surface area contributed by atoms with Crippen molar-refractivity contribution >= 4 is 52.0 Å². The molecule has 2 N–H and O–H groups in total. The molecule has 0 bridgehead atoms. The van der Waals surface area contributed by atoms with Crippen LogP contribution in [0, 0.1) is 0 Å². The minimum atomic E-state index is -4.67. The highest BCUT2D eigenvalue weighted by molar-refractivity contribution is 7.13. The molecular weight excluding hydrogens is 552 g/mol. The number of anilines is 1. The molecule has 4 rings (SSSR count). The van der Waals surface area contributed by atoms with Crippen molar-refractivity contribution in [3.63, 3.8) is 0 Å². The second kappa shape index (κ2) is 10.8. The van der Waals surface area contributed by atoms with Gasteiger partial charge in [-0.05, 0) is 43.3 Å². The Balaban J connectivity index is 1.43. The van der Waals surface area contributed by atoms with E-state index < -0.39 is 34.6 Å². The Hall–Kier alpha value is -3.61. The predicted octanol–water partition coefficient (Wildman–Crippen LogP) is 6.06. The summed E-state index contributed by atoms with van der Waals surface area (Å²) in [7, 11) is 0. The van der Waals surface area contributed by atoms with Gasteiger partial charge in [0.1, 0.15) is 27.1 Å². The van der Waals surface area contributed by atoms with Gasteiger partial charge in [-0.1, -0.05) is 23.2 Å². The third-order valence-electron chi connectivity index (χ3n) is 4.92. The Bertz CT molecular complexity index is 1460. The highest BCUT2D eigenvalue weighted by atomic mass is 35.5. The van der Waals surface area contributed by atoms with Crippen molar-refractivity contribution in [2.75, 3.05) is 5.32 Å². The Morgan fingerprint density at radius 1 is 0.973 bits per heavy atom. The number of nitrogens with one attached hydrogen (secondary N) is 2. The molecule has 4 aromatic rings. The summed E-state index contributed by atoms with van der Waals surface area (Å²) in [5.41, 5.74) is 0.0834. The van der Waals surface area contributed by atoms with Gasteiger partial charge in [0.25, 0.3) is 11.8 Å². The van der Waals surface area contributed by atoms with Crippen molar-refractivity contribution in [3.8, 4) is 11.3 Å². The van der Waals surface area contributed by atoms with Gasteiger partial charge in [-0.3, -0.25) is 9.59 Å². The number of nitrogens with zero attached hydrogens (tertiary/aromatic N) is 4. The predicted molar refractivity (Wildman–Crippen MR) is 133 cm³/mol. The maximum absolute atomic E-state index is 13.1. The first kappa shape index (κ1) is 26.5. The number of hydrogen-bond acceptors (Lipinski definition) is 7. The normalized spacial score (nSPS) is 12.2. The number of carbonyl (C=O) groups is 2. The van der Waals surface area contributed by atoms with Crippen molar-refractivity contribution in [1.82, 2.24) is 25.3 Å². The van der Waals surface area contributed by atoms with E-state index in [4.69, 9.17) is 23.2 Å². The zero-order chi connectivity index (χ0) is 26.7. The summed E-state index contributed by atoms with van der Waals surface area (Å²) in [6.45, 7) is 1.67. The standard InChI is InChI=1S/C23H15Cl2F3N6O2S/c1-11(33-20(35)17-7-16(31-10-32-17)12-2-5-19(25)29-8-12)22-30-9-18(37-22)21(36)34-13-3-4-15(24)14(6-13)23(26,27)28/h2-11H,1H3,(H,33,35)(H,34,36). The van der Waals surface area contributed by atoms with Crippen LogP contribution in [0.1, 0.15) is 43.7 Å². The fraction of sp³-hybridized carbons (Fsp3) is 0.130. The van der Waals surface area contributed by atoms with Gasteiger partial charge in [0, 0.05) is 17.4 Å². The van der Waals surface area contributed by atoms with Crippen LogP contribution in [0.3, 0.4) is 0 Å². The summed E-state index contributed by atoms with van der Waals surface area (Å²) in [6.07, 6.45) is -0.629. The largest absolute Gasteiger partial charge is 0.417 e. The molecule has 14 heteroatoms. The monoisotopic (exact) mass is 566 g/mol. The third kappa shape index (κ3) is 6.40. The number of carbonyl (C=O) groups excluding carboxylic acids is 2. The minimum Gasteiger partial charge on any atom is -0.342 e. The number of aromatic nitrogens is 4. The highest BCUT2D eigenvalue weighted by Gasteiger charge is 2.33. The lowest BCUT2D eigenvalue weighted by molar-refractivity contribution is -0.137. The lowest BCUT2D eigenvalue weighted by atomic mass is 10.2. The fourth-order valence-corrected chi connectivity index (χ4v) is 4.26. The number of hydrogen-bond donors (Lipinski definition) is 2. The summed E-state index contributed by atoms with van der Waals surface area (Å²) < 4.78 is 39.2. The zero-order valence-electron chi connectivity index (χ0n) is 18.7. The molecule has 0 fully saturated rings. The molecule has 37 heavy (non-hydrogen) atoms. The second-order valence-corrected chi connectivity index (χ2v) is 9.42. The molecule has 0 aliphatic heterocycles. The molecule has 3 heterocycles. The Labute approximate surface area is 221 Å². The average Bonchev–Trinajstić information content (AvgIpc) is 3.36. The zero-order valence-corrected chi connectivity index (χ0v) is 21.0. The van der Waals surface area contributed by atoms with Crippen molar-refractivity contribution < 1.29 is 22.8 Å². The van der Waals surface area contributed by atoms with E-state index in [9.17, 15) is 22.8 Å². The lowest BCUT2D eigenvalue weighted by Crippen LogP contribution is -2.27. The number of rotatable bonds is 6. The van der Waals surface area contributed by atoms with Crippen LogP contribution >= 0.6 is 34.5 Å². The molecule has 3 aromatic heterocycles. The molecule has 0 spiro atoms. The van der Waals surface area contributed by atoms with Gasteiger partial charge in [0.15, 0.2) is 0 Å². The SMILES string of the molecule is CC(NC(=O)c1cc(-c2ccc(Cl)nc2)ncn1)c1ncc(C(=O)Nc2ccc(Cl)c(C(F)(F)F)c2)s1. The van der Waals surface area contributed by atoms with Crippen molar-refractivity contribution in [2.45, 2.75) is 19.1 Å². The summed E-state index contributed by atoms with van der Waals surface area (Å²) in [5.74, 6) is -1.16. The van der Waals surface area contributed by atoms with E-state index in [0.29, 0.717) is 21.4 Å². The van der Waals surface area contributed by atoms with Crippen molar-refractivity contribution in [1.29, 1.82) is 0 Å². The van der Waals surface area contributed by atoms with E-state index in [2.05, 4.69) is 30.6 Å². The smallest absolute Gasteiger partial charge is 0.342 e. The summed E-state index contributed by atoms with van der Waals surface area (Å²) in [4.78, 5) is 41.7. The Kier molecular flexibility index (Phi) is 7.71. The molecule has 1 unspecified atom stereocenters. The van der Waals surface area contributed by atoms with Gasteiger partial charge in [-0.25, -0.2) is 19.9 Å². The van der Waals surface area contributed by atoms with Gasteiger partial charge >= 0.3 is 6.18 Å². The highest BCUT2D eigenvalue weighted by Crippen LogP contribution is 2.36. The molecular formula is C23H15Cl2F3N6O2S. The van der Waals surface area contributed by atoms with Crippen LogP contribution in [-0.2, 0) is 6.18 Å². The van der Waals surface area contributed by atoms with E-state index in [0.717, 1.165) is 23.5 Å². The van der Waals surface area contributed by atoms with Gasteiger partial charge in [0.05, 0.1) is 28.5 Å². The van der Waals surface area contributed by atoms with Crippen LogP contribution in [0.15, 0.2) is 55.1 Å². The van der Waals surface area contributed by atoms with Crippen LogP contribution in [-0.4, -0.2) is 31.8 Å². The average molecular weight is 567 g/mol. The number of thiazole rings is 1. The molecule has 0 radical (unpaired) electrons. The first-order chi connectivity index (χ1) is 17.5. The molecule has 0 aliphatic carbocycles. The first-order valence-corrected chi connectivity index (χ1v) is 12.0. The van der Waals surface area contributed by atoms with Gasteiger partial charge in [-0.15, -0.1) is 11.3 Å². The third-order valence-corrected chi connectivity index (χ3v) is 6.65. The Morgan fingerprint density at radius 3 is 2.46 bits per heavy atom. The maximum Gasteiger partial charge on any atom is 0.417 e. The first-order valence-electron chi connectivity index (χ1n) is 10.4. The number of amides is 2. The lowest BCUT2D eigenvalue weighted by Gasteiger charge is -2.12. The summed E-state index contributed by atoms with van der Waals surface area (Å²) in [6, 6.07) is 7.27. The minimum absolute atomic E-state index is 0.0755. The molecule has 2 amide bonds. The topological polar surface area (TPSA) is 110 Å². The van der Waals surface area contributed by atoms with Gasteiger partial charge in [0.2, 0.25) is 0 Å².